The molecular weight excluding hydrogens is 496 g/mol. The summed E-state index contributed by atoms with van der Waals surface area (Å²) in [5.41, 5.74) is 4.04. The summed E-state index contributed by atoms with van der Waals surface area (Å²) in [5.74, 6) is -1.75. The monoisotopic (exact) mass is 518 g/mol. The fourth-order valence-electron chi connectivity index (χ4n) is 3.99. The van der Waals surface area contributed by atoms with Gasteiger partial charge in [-0.15, -0.1) is 0 Å². The summed E-state index contributed by atoms with van der Waals surface area (Å²) in [5, 5.41) is 13.4. The number of ether oxygens (including phenoxy) is 1. The molecule has 0 aliphatic heterocycles. The Hall–Kier alpha value is -3.71. The van der Waals surface area contributed by atoms with Gasteiger partial charge in [0.1, 0.15) is 5.75 Å². The van der Waals surface area contributed by atoms with E-state index in [1.165, 1.54) is 7.11 Å². The van der Waals surface area contributed by atoms with Gasteiger partial charge in [0.05, 0.1) is 29.8 Å². The first-order valence-electron chi connectivity index (χ1n) is 10.7. The van der Waals surface area contributed by atoms with Crippen molar-refractivity contribution in [2.45, 2.75) is 12.8 Å². The number of amides is 1. The van der Waals surface area contributed by atoms with E-state index in [0.717, 1.165) is 15.6 Å². The number of carboxylic acids is 1. The highest BCUT2D eigenvalue weighted by Gasteiger charge is 2.24. The van der Waals surface area contributed by atoms with Gasteiger partial charge in [-0.2, -0.15) is 0 Å². The molecule has 7 heteroatoms. The van der Waals surface area contributed by atoms with Crippen LogP contribution >= 0.6 is 15.9 Å². The Morgan fingerprint density at radius 3 is 2.53 bits per heavy atom. The summed E-state index contributed by atoms with van der Waals surface area (Å²) in [6, 6.07) is 22.1. The van der Waals surface area contributed by atoms with Crippen molar-refractivity contribution in [3.8, 4) is 17.0 Å². The third-order valence-corrected chi connectivity index (χ3v) is 6.22. The van der Waals surface area contributed by atoms with E-state index < -0.39 is 11.9 Å². The molecule has 0 spiro atoms. The first-order chi connectivity index (χ1) is 16.4. The van der Waals surface area contributed by atoms with Crippen LogP contribution in [-0.2, 0) is 4.79 Å². The second kappa shape index (κ2) is 10.1. The minimum absolute atomic E-state index is 0.0702. The van der Waals surface area contributed by atoms with Crippen LogP contribution < -0.4 is 10.1 Å². The number of nitrogens with zero attached hydrogens (tertiary/aromatic N) is 1. The van der Waals surface area contributed by atoms with Gasteiger partial charge in [0.25, 0.3) is 5.91 Å². The van der Waals surface area contributed by atoms with Crippen LogP contribution in [0.2, 0.25) is 0 Å². The number of pyridine rings is 1. The number of halogens is 1. The molecule has 1 aromatic heterocycles. The first kappa shape index (κ1) is 23.4. The zero-order valence-electron chi connectivity index (χ0n) is 18.7. The molecule has 172 valence electrons. The van der Waals surface area contributed by atoms with E-state index in [9.17, 15) is 14.7 Å². The standard InChI is InChI=1S/C27H23BrN2O4/c1-16-24(26(31)29-15-22(27(32)33)18-9-6-10-20(13-18)34-2)21-14-19(28)11-12-23(21)30-25(16)17-7-4-3-5-8-17/h3-14,22H,15H2,1-2H3,(H,29,31)(H,32,33). The van der Waals surface area contributed by atoms with Crippen molar-refractivity contribution in [1.29, 1.82) is 0 Å². The van der Waals surface area contributed by atoms with E-state index in [4.69, 9.17) is 9.72 Å². The molecule has 0 saturated carbocycles. The first-order valence-corrected chi connectivity index (χ1v) is 11.5. The van der Waals surface area contributed by atoms with Gasteiger partial charge in [0.15, 0.2) is 0 Å². The van der Waals surface area contributed by atoms with Gasteiger partial charge in [-0.1, -0.05) is 58.4 Å². The van der Waals surface area contributed by atoms with Crippen molar-refractivity contribution in [2.24, 2.45) is 0 Å². The normalized spacial score (nSPS) is 11.7. The van der Waals surface area contributed by atoms with Gasteiger partial charge in [0, 0.05) is 22.0 Å². The maximum absolute atomic E-state index is 13.5. The molecule has 0 fully saturated rings. The average Bonchev–Trinajstić information content (AvgIpc) is 2.84. The van der Waals surface area contributed by atoms with Crippen LogP contribution in [0.3, 0.4) is 0 Å². The number of aromatic nitrogens is 1. The van der Waals surface area contributed by atoms with Crippen molar-refractivity contribution >= 4 is 38.7 Å². The minimum Gasteiger partial charge on any atom is -0.497 e. The van der Waals surface area contributed by atoms with E-state index in [2.05, 4.69) is 21.2 Å². The fraction of sp³-hybridized carbons (Fsp3) is 0.148. The summed E-state index contributed by atoms with van der Waals surface area (Å²) in [7, 11) is 1.52. The fourth-order valence-corrected chi connectivity index (χ4v) is 4.35. The zero-order valence-corrected chi connectivity index (χ0v) is 20.3. The van der Waals surface area contributed by atoms with Crippen LogP contribution in [-0.4, -0.2) is 35.6 Å². The number of hydrogen-bond donors (Lipinski definition) is 2. The molecule has 1 atom stereocenters. The number of carboxylic acid groups (broad SMARTS) is 1. The number of rotatable bonds is 7. The number of carbonyl (C=O) groups is 2. The molecule has 1 heterocycles. The summed E-state index contributed by atoms with van der Waals surface area (Å²) >= 11 is 3.48. The smallest absolute Gasteiger partial charge is 0.312 e. The van der Waals surface area contributed by atoms with Gasteiger partial charge in [-0.05, 0) is 48.4 Å². The Balaban J connectivity index is 1.73. The predicted molar refractivity (Wildman–Crippen MR) is 135 cm³/mol. The second-order valence-corrected chi connectivity index (χ2v) is 8.78. The van der Waals surface area contributed by atoms with Gasteiger partial charge in [-0.25, -0.2) is 4.98 Å². The molecule has 0 saturated heterocycles. The van der Waals surface area contributed by atoms with E-state index in [-0.39, 0.29) is 12.5 Å². The molecule has 6 nitrogen and oxygen atoms in total. The summed E-state index contributed by atoms with van der Waals surface area (Å²) in [6.07, 6.45) is 0. The number of carbonyl (C=O) groups excluding carboxylic acids is 1. The molecule has 0 aliphatic carbocycles. The van der Waals surface area contributed by atoms with Crippen LogP contribution in [0.1, 0.15) is 27.4 Å². The van der Waals surface area contributed by atoms with E-state index in [0.29, 0.717) is 33.5 Å². The Morgan fingerprint density at radius 2 is 1.82 bits per heavy atom. The Labute approximate surface area is 205 Å². The molecule has 1 amide bonds. The molecule has 1 unspecified atom stereocenters. The third kappa shape index (κ3) is 4.79. The van der Waals surface area contributed by atoms with Crippen LogP contribution in [0.5, 0.6) is 5.75 Å². The summed E-state index contributed by atoms with van der Waals surface area (Å²) in [6.45, 7) is 1.79. The van der Waals surface area contributed by atoms with Gasteiger partial charge in [0.2, 0.25) is 0 Å². The van der Waals surface area contributed by atoms with Gasteiger partial charge < -0.3 is 15.2 Å². The van der Waals surface area contributed by atoms with Crippen molar-refractivity contribution in [2.75, 3.05) is 13.7 Å². The molecular formula is C27H23BrN2O4. The third-order valence-electron chi connectivity index (χ3n) is 5.73. The van der Waals surface area contributed by atoms with Crippen LogP contribution in [0.4, 0.5) is 0 Å². The van der Waals surface area contributed by atoms with E-state index in [1.54, 1.807) is 24.3 Å². The molecule has 0 radical (unpaired) electrons. The van der Waals surface area contributed by atoms with Crippen molar-refractivity contribution < 1.29 is 19.4 Å². The minimum atomic E-state index is -1.03. The number of methoxy groups -OCH3 is 1. The Morgan fingerprint density at radius 1 is 1.06 bits per heavy atom. The Bertz CT molecular complexity index is 1370. The number of aliphatic carboxylic acids is 1. The average molecular weight is 519 g/mol. The molecule has 3 aromatic carbocycles. The lowest BCUT2D eigenvalue weighted by Gasteiger charge is -2.18. The summed E-state index contributed by atoms with van der Waals surface area (Å²) in [4.78, 5) is 30.3. The lowest BCUT2D eigenvalue weighted by molar-refractivity contribution is -0.138. The predicted octanol–water partition coefficient (Wildman–Crippen LogP) is 5.58. The molecule has 2 N–H and O–H groups in total. The lowest BCUT2D eigenvalue weighted by Crippen LogP contribution is -2.32. The van der Waals surface area contributed by atoms with E-state index >= 15 is 0 Å². The number of benzene rings is 3. The number of fused-ring (bicyclic) bond motifs is 1. The van der Waals surface area contributed by atoms with Crippen LogP contribution in [0, 0.1) is 6.92 Å². The molecule has 34 heavy (non-hydrogen) atoms. The SMILES string of the molecule is COc1cccc(C(CNC(=O)c2c(C)c(-c3ccccc3)nc3ccc(Br)cc23)C(=O)O)c1. The highest BCUT2D eigenvalue weighted by Crippen LogP contribution is 2.31. The molecule has 4 rings (SSSR count). The summed E-state index contributed by atoms with van der Waals surface area (Å²) < 4.78 is 6.04. The van der Waals surface area contributed by atoms with Crippen molar-refractivity contribution in [1.82, 2.24) is 10.3 Å². The lowest BCUT2D eigenvalue weighted by atomic mass is 9.96. The van der Waals surface area contributed by atoms with E-state index in [1.807, 2.05) is 55.5 Å². The van der Waals surface area contributed by atoms with Crippen LogP contribution in [0.15, 0.2) is 77.3 Å². The van der Waals surface area contributed by atoms with Crippen molar-refractivity contribution in [3.63, 3.8) is 0 Å². The van der Waals surface area contributed by atoms with Crippen LogP contribution in [0.25, 0.3) is 22.2 Å². The maximum atomic E-state index is 13.5. The van der Waals surface area contributed by atoms with Gasteiger partial charge in [-0.3, -0.25) is 9.59 Å². The van der Waals surface area contributed by atoms with Crippen molar-refractivity contribution in [3.05, 3.63) is 94.0 Å². The molecule has 0 aliphatic rings. The largest absolute Gasteiger partial charge is 0.497 e. The number of nitrogens with one attached hydrogen (secondary N) is 1. The topological polar surface area (TPSA) is 88.5 Å². The Kier molecular flexibility index (Phi) is 6.93. The highest BCUT2D eigenvalue weighted by molar-refractivity contribution is 9.10. The molecule has 0 bridgehead atoms. The highest BCUT2D eigenvalue weighted by atomic mass is 79.9. The maximum Gasteiger partial charge on any atom is 0.312 e. The number of hydrogen-bond acceptors (Lipinski definition) is 4. The zero-order chi connectivity index (χ0) is 24.2. The molecule has 4 aromatic rings. The van der Waals surface area contributed by atoms with Gasteiger partial charge >= 0.3 is 5.97 Å². The quantitative estimate of drug-likeness (QED) is 0.333. The second-order valence-electron chi connectivity index (χ2n) is 7.87.